The van der Waals surface area contributed by atoms with Crippen molar-refractivity contribution in [1.82, 2.24) is 15.1 Å². The van der Waals surface area contributed by atoms with Gasteiger partial charge in [0.2, 0.25) is 0 Å². The van der Waals surface area contributed by atoms with Gasteiger partial charge in [-0.1, -0.05) is 6.07 Å². The van der Waals surface area contributed by atoms with Gasteiger partial charge in [0.1, 0.15) is 0 Å². The first-order valence-corrected chi connectivity index (χ1v) is 7.84. The second-order valence-electron chi connectivity index (χ2n) is 5.67. The number of alkyl halides is 3. The highest BCUT2D eigenvalue weighted by molar-refractivity contribution is 6.43. The molecule has 2 aromatic rings. The van der Waals surface area contributed by atoms with Crippen LogP contribution in [0.5, 0.6) is 0 Å². The predicted molar refractivity (Wildman–Crippen MR) is 87.1 cm³/mol. The minimum atomic E-state index is -4.50. The molecule has 2 N–H and O–H groups in total. The van der Waals surface area contributed by atoms with E-state index in [1.807, 2.05) is 0 Å². The molecular formula is C17H18F3N3O3. The molecule has 0 bridgehead atoms. The molecule has 140 valence electrons. The van der Waals surface area contributed by atoms with Crippen LogP contribution in [0.2, 0.25) is 0 Å². The van der Waals surface area contributed by atoms with Crippen LogP contribution in [0.4, 0.5) is 13.2 Å². The number of carbonyl (C=O) groups is 2. The number of amides is 1. The molecular weight excluding hydrogens is 351 g/mol. The third kappa shape index (κ3) is 4.10. The van der Waals surface area contributed by atoms with E-state index in [1.165, 1.54) is 30.7 Å². The summed E-state index contributed by atoms with van der Waals surface area (Å²) in [6.07, 6.45) is -4.20. The van der Waals surface area contributed by atoms with Gasteiger partial charge in [0.15, 0.2) is 0 Å². The van der Waals surface area contributed by atoms with Crippen LogP contribution >= 0.6 is 0 Å². The number of aliphatic hydroxyl groups excluding tert-OH is 1. The third-order valence-corrected chi connectivity index (χ3v) is 3.76. The van der Waals surface area contributed by atoms with E-state index < -0.39 is 23.4 Å². The van der Waals surface area contributed by atoms with Crippen molar-refractivity contribution >= 4 is 11.7 Å². The van der Waals surface area contributed by atoms with Crippen LogP contribution in [0.3, 0.4) is 0 Å². The van der Waals surface area contributed by atoms with Gasteiger partial charge >= 0.3 is 6.18 Å². The number of halogens is 3. The summed E-state index contributed by atoms with van der Waals surface area (Å²) in [5, 5.41) is 15.2. The van der Waals surface area contributed by atoms with E-state index in [2.05, 4.69) is 10.4 Å². The van der Waals surface area contributed by atoms with Gasteiger partial charge in [-0.3, -0.25) is 9.59 Å². The quantitative estimate of drug-likeness (QED) is 0.464. The Labute approximate surface area is 147 Å². The number of aliphatic hydroxyl groups is 1. The maximum atomic E-state index is 12.9. The predicted octanol–water partition coefficient (Wildman–Crippen LogP) is 2.19. The Morgan fingerprint density at radius 2 is 1.96 bits per heavy atom. The number of nitrogens with zero attached hydrogens (tertiary/aromatic N) is 2. The van der Waals surface area contributed by atoms with E-state index in [9.17, 15) is 22.8 Å². The van der Waals surface area contributed by atoms with E-state index in [0.717, 1.165) is 12.1 Å². The normalized spacial score (nSPS) is 11.5. The second-order valence-corrected chi connectivity index (χ2v) is 5.67. The zero-order chi connectivity index (χ0) is 19.5. The van der Waals surface area contributed by atoms with Gasteiger partial charge in [-0.15, -0.1) is 0 Å². The Hall–Kier alpha value is -2.68. The fourth-order valence-electron chi connectivity index (χ4n) is 2.51. The second kappa shape index (κ2) is 7.69. The van der Waals surface area contributed by atoms with E-state index in [-0.39, 0.29) is 35.8 Å². The van der Waals surface area contributed by atoms with Crippen LogP contribution in [-0.4, -0.2) is 39.7 Å². The highest BCUT2D eigenvalue weighted by atomic mass is 19.4. The summed E-state index contributed by atoms with van der Waals surface area (Å²) in [6.45, 7) is 3.03. The molecule has 6 nitrogen and oxygen atoms in total. The van der Waals surface area contributed by atoms with Crippen LogP contribution in [0.15, 0.2) is 24.3 Å². The first-order chi connectivity index (χ1) is 12.2. The summed E-state index contributed by atoms with van der Waals surface area (Å²) >= 11 is 0. The van der Waals surface area contributed by atoms with E-state index in [4.69, 9.17) is 5.11 Å². The lowest BCUT2D eigenvalue weighted by molar-refractivity contribution is -0.137. The van der Waals surface area contributed by atoms with Crippen molar-refractivity contribution in [1.29, 1.82) is 0 Å². The largest absolute Gasteiger partial charge is 0.416 e. The first kappa shape index (κ1) is 19.6. The standard InChI is InChI=1S/C17H18F3N3O3/c1-10-14(15(25)16(26)21-7-4-8-24)11(2)23(22-10)13-6-3-5-12(9-13)17(18,19)20/h3,5-6,9,24H,4,7-8H2,1-2H3,(H,21,26). The van der Waals surface area contributed by atoms with Crippen LogP contribution in [-0.2, 0) is 11.0 Å². The molecule has 26 heavy (non-hydrogen) atoms. The number of rotatable bonds is 6. The molecule has 9 heteroatoms. The molecule has 0 saturated carbocycles. The summed E-state index contributed by atoms with van der Waals surface area (Å²) in [5.74, 6) is -1.68. The number of nitrogens with one attached hydrogen (secondary N) is 1. The van der Waals surface area contributed by atoms with Gasteiger partial charge < -0.3 is 10.4 Å². The van der Waals surface area contributed by atoms with Gasteiger partial charge in [-0.2, -0.15) is 18.3 Å². The lowest BCUT2D eigenvalue weighted by Gasteiger charge is -2.10. The molecule has 0 radical (unpaired) electrons. The number of benzene rings is 1. The lowest BCUT2D eigenvalue weighted by atomic mass is 10.1. The number of hydrogen-bond donors (Lipinski definition) is 2. The Morgan fingerprint density at radius 3 is 2.58 bits per heavy atom. The fourth-order valence-corrected chi connectivity index (χ4v) is 2.51. The van der Waals surface area contributed by atoms with Crippen LogP contribution in [0, 0.1) is 13.8 Å². The zero-order valence-electron chi connectivity index (χ0n) is 14.2. The number of hydrogen-bond acceptors (Lipinski definition) is 4. The van der Waals surface area contributed by atoms with Gasteiger partial charge in [-0.25, -0.2) is 4.68 Å². The summed E-state index contributed by atoms with van der Waals surface area (Å²) < 4.78 is 39.9. The highest BCUT2D eigenvalue weighted by Gasteiger charge is 2.31. The van der Waals surface area contributed by atoms with E-state index in [0.29, 0.717) is 6.42 Å². The molecule has 0 atom stereocenters. The summed E-state index contributed by atoms with van der Waals surface area (Å²) in [6, 6.07) is 4.55. The molecule has 0 aliphatic carbocycles. The van der Waals surface area contributed by atoms with Crippen molar-refractivity contribution in [3.8, 4) is 5.69 Å². The van der Waals surface area contributed by atoms with Crippen LogP contribution in [0.1, 0.15) is 33.7 Å². The van der Waals surface area contributed by atoms with Crippen LogP contribution < -0.4 is 5.32 Å². The summed E-state index contributed by atoms with van der Waals surface area (Å²) in [5.41, 5.74) is -0.146. The Balaban J connectivity index is 2.36. The number of carbonyl (C=O) groups excluding carboxylic acids is 2. The fraction of sp³-hybridized carbons (Fsp3) is 0.353. The van der Waals surface area contributed by atoms with E-state index >= 15 is 0 Å². The smallest absolute Gasteiger partial charge is 0.396 e. The van der Waals surface area contributed by atoms with Crippen molar-refractivity contribution in [3.63, 3.8) is 0 Å². The number of ketones is 1. The van der Waals surface area contributed by atoms with Crippen molar-refractivity contribution in [3.05, 3.63) is 46.8 Å². The average Bonchev–Trinajstić information content (AvgIpc) is 2.88. The molecule has 1 aromatic carbocycles. The van der Waals surface area contributed by atoms with Crippen LogP contribution in [0.25, 0.3) is 5.69 Å². The molecule has 2 rings (SSSR count). The molecule has 0 spiro atoms. The molecule has 1 aromatic heterocycles. The summed E-state index contributed by atoms with van der Waals surface area (Å²) in [7, 11) is 0. The monoisotopic (exact) mass is 369 g/mol. The third-order valence-electron chi connectivity index (χ3n) is 3.76. The average molecular weight is 369 g/mol. The SMILES string of the molecule is Cc1nn(-c2cccc(C(F)(F)F)c2)c(C)c1C(=O)C(=O)NCCCO. The topological polar surface area (TPSA) is 84.2 Å². The lowest BCUT2D eigenvalue weighted by Crippen LogP contribution is -2.32. The first-order valence-electron chi connectivity index (χ1n) is 7.84. The molecule has 0 aliphatic heterocycles. The Bertz CT molecular complexity index is 828. The van der Waals surface area contributed by atoms with Gasteiger partial charge in [-0.05, 0) is 38.5 Å². The molecule has 1 amide bonds. The van der Waals surface area contributed by atoms with E-state index in [1.54, 1.807) is 0 Å². The molecule has 0 saturated heterocycles. The Kier molecular flexibility index (Phi) is 5.81. The molecule has 0 aliphatic rings. The number of aryl methyl sites for hydroxylation is 1. The van der Waals surface area contributed by atoms with Gasteiger partial charge in [0.25, 0.3) is 11.7 Å². The molecule has 0 fully saturated rings. The maximum absolute atomic E-state index is 12.9. The van der Waals surface area contributed by atoms with Crippen molar-refractivity contribution in [2.45, 2.75) is 26.4 Å². The minimum absolute atomic E-state index is 0.0453. The summed E-state index contributed by atoms with van der Waals surface area (Å²) in [4.78, 5) is 24.3. The molecule has 1 heterocycles. The van der Waals surface area contributed by atoms with Crippen molar-refractivity contribution in [2.75, 3.05) is 13.2 Å². The minimum Gasteiger partial charge on any atom is -0.396 e. The molecule has 0 unspecified atom stereocenters. The zero-order valence-corrected chi connectivity index (χ0v) is 14.2. The van der Waals surface area contributed by atoms with Gasteiger partial charge in [0.05, 0.1) is 28.2 Å². The van der Waals surface area contributed by atoms with Crippen molar-refractivity contribution in [2.24, 2.45) is 0 Å². The Morgan fingerprint density at radius 1 is 1.27 bits per heavy atom. The van der Waals surface area contributed by atoms with Gasteiger partial charge in [0, 0.05) is 13.2 Å². The number of aromatic nitrogens is 2. The maximum Gasteiger partial charge on any atom is 0.416 e. The van der Waals surface area contributed by atoms with Crippen molar-refractivity contribution < 1.29 is 27.9 Å². The number of Topliss-reactive ketones (excluding diaryl/α,β-unsaturated/α-hetero) is 1. The highest BCUT2D eigenvalue weighted by Crippen LogP contribution is 2.30.